The monoisotopic (exact) mass is 559 g/mol. The zero-order valence-electron chi connectivity index (χ0n) is 23.5. The van der Waals surface area contributed by atoms with Crippen molar-refractivity contribution >= 4 is 17.0 Å². The Morgan fingerprint density at radius 2 is 1.95 bits per heavy atom. The van der Waals surface area contributed by atoms with Gasteiger partial charge in [0.2, 0.25) is 0 Å². The van der Waals surface area contributed by atoms with E-state index in [9.17, 15) is 14.3 Å². The number of aromatic nitrogens is 2. The van der Waals surface area contributed by atoms with Crippen LogP contribution < -0.4 is 9.47 Å². The molecule has 6 rings (SSSR count). The molecule has 9 heteroatoms. The molecule has 41 heavy (non-hydrogen) atoms. The highest BCUT2D eigenvalue weighted by atomic mass is 19.1. The summed E-state index contributed by atoms with van der Waals surface area (Å²) in [4.78, 5) is 18.8. The first-order valence-electron chi connectivity index (χ1n) is 14.0. The first-order chi connectivity index (χ1) is 19.8. The second kappa shape index (κ2) is 10.8. The Bertz CT molecular complexity index is 1610. The van der Waals surface area contributed by atoms with Gasteiger partial charge in [-0.15, -0.1) is 0 Å². The number of nitrogens with zero attached hydrogens (tertiary/aromatic N) is 3. The van der Waals surface area contributed by atoms with Gasteiger partial charge in [0.1, 0.15) is 11.6 Å². The van der Waals surface area contributed by atoms with Crippen molar-refractivity contribution in [2.24, 2.45) is 0 Å². The Morgan fingerprint density at radius 3 is 2.68 bits per heavy atom. The molecule has 8 nitrogen and oxygen atoms in total. The van der Waals surface area contributed by atoms with Crippen LogP contribution in [0, 0.1) is 12.7 Å². The van der Waals surface area contributed by atoms with E-state index >= 15 is 0 Å². The Hall–Kier alpha value is -3.95. The molecule has 1 saturated heterocycles. The number of methoxy groups -OCH3 is 1. The maximum absolute atomic E-state index is 13.9. The van der Waals surface area contributed by atoms with Crippen LogP contribution in [0.1, 0.15) is 58.6 Å². The fourth-order valence-electron chi connectivity index (χ4n) is 5.97. The Kier molecular flexibility index (Phi) is 7.17. The maximum atomic E-state index is 13.9. The molecule has 3 aromatic carbocycles. The van der Waals surface area contributed by atoms with Crippen LogP contribution in [-0.4, -0.2) is 52.3 Å². The molecule has 1 aromatic heterocycles. The third-order valence-corrected chi connectivity index (χ3v) is 8.28. The second-order valence-electron chi connectivity index (χ2n) is 11.0. The third kappa shape index (κ3) is 5.15. The Morgan fingerprint density at radius 1 is 1.15 bits per heavy atom. The maximum Gasteiger partial charge on any atom is 0.335 e. The van der Waals surface area contributed by atoms with Crippen LogP contribution in [0.15, 0.2) is 54.6 Å². The first-order valence-corrected chi connectivity index (χ1v) is 14.0. The van der Waals surface area contributed by atoms with Crippen molar-refractivity contribution in [2.45, 2.75) is 51.5 Å². The number of hydrogen-bond acceptors (Lipinski definition) is 6. The van der Waals surface area contributed by atoms with Gasteiger partial charge in [-0.25, -0.2) is 14.2 Å². The minimum Gasteiger partial charge on any atom is -0.478 e. The standard InChI is InChI=1S/C32H34FN3O5/c1-20-17-23(8-9-25(20)33)32(2)40-28-6-4-5-24(30(28)41-32)21-11-13-35(14-12-21)19-29-34-26-10-7-22(31(37)38)18-27(26)36(29)15-16-39-3/h4-10,17-18,21H,11-16,19H2,1-3H3,(H,37,38). The summed E-state index contributed by atoms with van der Waals surface area (Å²) in [7, 11) is 1.66. The average molecular weight is 560 g/mol. The number of aryl methyl sites for hydroxylation is 1. The fraction of sp³-hybridized carbons (Fsp3) is 0.375. The highest BCUT2D eigenvalue weighted by molar-refractivity contribution is 5.92. The lowest BCUT2D eigenvalue weighted by atomic mass is 9.88. The lowest BCUT2D eigenvalue weighted by Gasteiger charge is -2.32. The SMILES string of the molecule is COCCn1c(CN2CCC(c3cccc4c3OC(C)(c3ccc(F)c(C)c3)O4)CC2)nc2ccc(C(=O)O)cc21. The van der Waals surface area contributed by atoms with Crippen LogP contribution in [0.4, 0.5) is 4.39 Å². The molecule has 2 aliphatic rings. The summed E-state index contributed by atoms with van der Waals surface area (Å²) in [6.45, 7) is 7.17. The van der Waals surface area contributed by atoms with E-state index in [4.69, 9.17) is 19.2 Å². The molecular formula is C32H34FN3O5. The number of piperidine rings is 1. The molecule has 0 aliphatic carbocycles. The number of para-hydroxylation sites is 1. The molecular weight excluding hydrogens is 525 g/mol. The number of carbonyl (C=O) groups is 1. The van der Waals surface area contributed by atoms with Gasteiger partial charge in [-0.1, -0.05) is 12.1 Å². The zero-order chi connectivity index (χ0) is 28.7. The molecule has 0 amide bonds. The smallest absolute Gasteiger partial charge is 0.335 e. The molecule has 1 fully saturated rings. The summed E-state index contributed by atoms with van der Waals surface area (Å²) in [5, 5.41) is 9.47. The van der Waals surface area contributed by atoms with E-state index in [1.807, 2.05) is 19.1 Å². The van der Waals surface area contributed by atoms with Crippen LogP contribution in [0.3, 0.4) is 0 Å². The van der Waals surface area contributed by atoms with Crippen molar-refractivity contribution in [1.82, 2.24) is 14.5 Å². The summed E-state index contributed by atoms with van der Waals surface area (Å²) >= 11 is 0. The lowest BCUT2D eigenvalue weighted by Crippen LogP contribution is -2.34. The van der Waals surface area contributed by atoms with E-state index in [1.165, 1.54) is 6.07 Å². The third-order valence-electron chi connectivity index (χ3n) is 8.28. The summed E-state index contributed by atoms with van der Waals surface area (Å²) in [5.41, 5.74) is 4.31. The van der Waals surface area contributed by atoms with Gasteiger partial charge < -0.3 is 23.9 Å². The average Bonchev–Trinajstić information content (AvgIpc) is 3.50. The van der Waals surface area contributed by atoms with Gasteiger partial charge in [0.25, 0.3) is 5.79 Å². The van der Waals surface area contributed by atoms with Crippen LogP contribution in [0.2, 0.25) is 0 Å². The predicted molar refractivity (Wildman–Crippen MR) is 152 cm³/mol. The summed E-state index contributed by atoms with van der Waals surface area (Å²) in [6, 6.07) is 16.1. The van der Waals surface area contributed by atoms with Gasteiger partial charge in [-0.2, -0.15) is 0 Å². The van der Waals surface area contributed by atoms with Crippen LogP contribution in [0.25, 0.3) is 11.0 Å². The number of imidazole rings is 1. The molecule has 2 aliphatic heterocycles. The number of fused-ring (bicyclic) bond motifs is 2. The Labute approximate surface area is 238 Å². The summed E-state index contributed by atoms with van der Waals surface area (Å²) in [6.07, 6.45) is 1.90. The van der Waals surface area contributed by atoms with Gasteiger partial charge in [-0.3, -0.25) is 4.90 Å². The van der Waals surface area contributed by atoms with E-state index < -0.39 is 11.8 Å². The number of hydrogen-bond donors (Lipinski definition) is 1. The molecule has 0 saturated carbocycles. The number of likely N-dealkylation sites (tertiary alicyclic amines) is 1. The summed E-state index contributed by atoms with van der Waals surface area (Å²) < 4.78 is 34.1. The molecule has 1 N–H and O–H groups in total. The van der Waals surface area contributed by atoms with Crippen LogP contribution in [-0.2, 0) is 23.6 Å². The van der Waals surface area contributed by atoms with Crippen molar-refractivity contribution in [3.63, 3.8) is 0 Å². The number of halogens is 1. The van der Waals surface area contributed by atoms with Crippen molar-refractivity contribution in [1.29, 1.82) is 0 Å². The summed E-state index contributed by atoms with van der Waals surface area (Å²) in [5.74, 6) is 0.477. The largest absolute Gasteiger partial charge is 0.478 e. The van der Waals surface area contributed by atoms with E-state index in [0.717, 1.165) is 59.7 Å². The van der Waals surface area contributed by atoms with Crippen LogP contribution in [0.5, 0.6) is 11.5 Å². The molecule has 0 bridgehead atoms. The number of aromatic carboxylic acids is 1. The van der Waals surface area contributed by atoms with E-state index in [-0.39, 0.29) is 11.4 Å². The molecule has 0 spiro atoms. The van der Waals surface area contributed by atoms with Gasteiger partial charge in [0.05, 0.1) is 29.7 Å². The molecule has 4 aromatic rings. The van der Waals surface area contributed by atoms with Crippen molar-refractivity contribution in [2.75, 3.05) is 26.8 Å². The molecule has 1 unspecified atom stereocenters. The zero-order valence-corrected chi connectivity index (χ0v) is 23.5. The first kappa shape index (κ1) is 27.2. The highest BCUT2D eigenvalue weighted by Crippen LogP contribution is 2.49. The number of benzene rings is 3. The minimum absolute atomic E-state index is 0.246. The van der Waals surface area contributed by atoms with E-state index in [2.05, 4.69) is 15.5 Å². The lowest BCUT2D eigenvalue weighted by molar-refractivity contribution is -0.0686. The predicted octanol–water partition coefficient (Wildman–Crippen LogP) is 5.85. The van der Waals surface area contributed by atoms with E-state index in [0.29, 0.717) is 36.9 Å². The minimum atomic E-state index is -1.01. The number of carboxylic acids is 1. The highest BCUT2D eigenvalue weighted by Gasteiger charge is 2.41. The fourth-order valence-corrected chi connectivity index (χ4v) is 5.97. The van der Waals surface area contributed by atoms with Crippen molar-refractivity contribution < 1.29 is 28.5 Å². The van der Waals surface area contributed by atoms with Crippen molar-refractivity contribution in [3.05, 3.63) is 88.5 Å². The molecule has 214 valence electrons. The molecule has 0 radical (unpaired) electrons. The number of rotatable bonds is 8. The van der Waals surface area contributed by atoms with Crippen LogP contribution >= 0.6 is 0 Å². The van der Waals surface area contributed by atoms with E-state index in [1.54, 1.807) is 44.4 Å². The van der Waals surface area contributed by atoms with Gasteiger partial charge in [0, 0.05) is 31.7 Å². The quantitative estimate of drug-likeness (QED) is 0.290. The molecule has 3 heterocycles. The number of ether oxygens (including phenoxy) is 3. The van der Waals surface area contributed by atoms with Crippen molar-refractivity contribution in [3.8, 4) is 11.5 Å². The normalized spacial score (nSPS) is 19.2. The van der Waals surface area contributed by atoms with Gasteiger partial charge in [-0.05, 0) is 86.8 Å². The topological polar surface area (TPSA) is 86.0 Å². The number of carboxylic acid groups (broad SMARTS) is 1. The molecule has 1 atom stereocenters. The van der Waals surface area contributed by atoms with Gasteiger partial charge in [0.15, 0.2) is 11.5 Å². The Balaban J connectivity index is 1.18. The van der Waals surface area contributed by atoms with Gasteiger partial charge >= 0.3 is 5.97 Å². The second-order valence-corrected chi connectivity index (χ2v) is 11.0.